The Hall–Kier alpha value is -1.81. The molecule has 1 aliphatic carbocycles. The molecule has 0 saturated heterocycles. The molecule has 1 aliphatic rings. The van der Waals surface area contributed by atoms with Gasteiger partial charge < -0.3 is 10.1 Å². The van der Waals surface area contributed by atoms with Gasteiger partial charge in [0.15, 0.2) is 0 Å². The van der Waals surface area contributed by atoms with Crippen LogP contribution in [0.15, 0.2) is 30.3 Å². The molecule has 130 valence electrons. The van der Waals surface area contributed by atoms with Crippen molar-refractivity contribution in [3.63, 3.8) is 0 Å². The lowest BCUT2D eigenvalue weighted by molar-refractivity contribution is 0.245. The predicted octanol–water partition coefficient (Wildman–Crippen LogP) is 4.07. The van der Waals surface area contributed by atoms with Gasteiger partial charge in [-0.15, -0.1) is 0 Å². The van der Waals surface area contributed by atoms with Crippen molar-refractivity contribution in [2.75, 3.05) is 7.05 Å². The maximum Gasteiger partial charge on any atom is 0.212 e. The zero-order chi connectivity index (χ0) is 16.8. The predicted molar refractivity (Wildman–Crippen MR) is 97.1 cm³/mol. The van der Waals surface area contributed by atoms with E-state index in [1.165, 1.54) is 43.2 Å². The topological polar surface area (TPSA) is 39.1 Å². The summed E-state index contributed by atoms with van der Waals surface area (Å²) in [6.45, 7) is 4.46. The molecule has 24 heavy (non-hydrogen) atoms. The number of nitrogens with one attached hydrogen (secondary N) is 1. The third-order valence-corrected chi connectivity index (χ3v) is 4.78. The number of nitrogens with zero attached hydrogens (tertiary/aromatic N) is 2. The largest absolute Gasteiger partial charge is 0.473 e. The van der Waals surface area contributed by atoms with Gasteiger partial charge in [0, 0.05) is 19.2 Å². The van der Waals surface area contributed by atoms with Crippen LogP contribution in [0.25, 0.3) is 0 Å². The molecular weight excluding hydrogens is 298 g/mol. The van der Waals surface area contributed by atoms with Gasteiger partial charge in [-0.3, -0.25) is 0 Å². The Morgan fingerprint density at radius 1 is 1.21 bits per heavy atom. The Kier molecular flexibility index (Phi) is 5.91. The van der Waals surface area contributed by atoms with Crippen LogP contribution in [0.3, 0.4) is 0 Å². The monoisotopic (exact) mass is 327 g/mol. The lowest BCUT2D eigenvalue weighted by Gasteiger charge is -2.22. The van der Waals surface area contributed by atoms with Crippen LogP contribution in [0.1, 0.15) is 48.9 Å². The fraction of sp³-hybridized carbons (Fsp3) is 0.550. The second-order valence-corrected chi connectivity index (χ2v) is 6.97. The van der Waals surface area contributed by atoms with Crippen molar-refractivity contribution in [3.8, 4) is 5.88 Å². The van der Waals surface area contributed by atoms with E-state index in [2.05, 4.69) is 47.3 Å². The Labute approximate surface area is 145 Å². The number of aromatic nitrogens is 2. The van der Waals surface area contributed by atoms with E-state index in [4.69, 9.17) is 9.84 Å². The first-order valence-corrected chi connectivity index (χ1v) is 9.14. The molecule has 0 radical (unpaired) electrons. The van der Waals surface area contributed by atoms with E-state index in [-0.39, 0.29) is 0 Å². The minimum atomic E-state index is 0.594. The molecule has 1 aromatic carbocycles. The van der Waals surface area contributed by atoms with Crippen molar-refractivity contribution in [3.05, 3.63) is 47.2 Å². The molecule has 2 aromatic rings. The van der Waals surface area contributed by atoms with Crippen molar-refractivity contribution >= 4 is 0 Å². The maximum atomic E-state index is 6.12. The first kappa shape index (κ1) is 17.0. The second-order valence-electron chi connectivity index (χ2n) is 6.97. The first-order chi connectivity index (χ1) is 11.7. The van der Waals surface area contributed by atoms with Crippen LogP contribution in [0, 0.1) is 12.8 Å². The Morgan fingerprint density at radius 3 is 2.79 bits per heavy atom. The van der Waals surface area contributed by atoms with Crippen LogP contribution in [0.2, 0.25) is 0 Å². The highest BCUT2D eigenvalue weighted by molar-refractivity contribution is 5.23. The van der Waals surface area contributed by atoms with Gasteiger partial charge in [0.25, 0.3) is 0 Å². The molecule has 0 unspecified atom stereocenters. The van der Waals surface area contributed by atoms with E-state index < -0.39 is 0 Å². The third kappa shape index (κ3) is 4.60. The molecular formula is C20H29N3O. The molecule has 1 fully saturated rings. The van der Waals surface area contributed by atoms with Gasteiger partial charge >= 0.3 is 0 Å². The maximum absolute atomic E-state index is 6.12. The van der Waals surface area contributed by atoms with Gasteiger partial charge in [-0.2, -0.15) is 5.10 Å². The highest BCUT2D eigenvalue weighted by Crippen LogP contribution is 2.27. The third-order valence-electron chi connectivity index (χ3n) is 4.78. The Morgan fingerprint density at radius 2 is 2.04 bits per heavy atom. The summed E-state index contributed by atoms with van der Waals surface area (Å²) < 4.78 is 8.20. The van der Waals surface area contributed by atoms with Crippen LogP contribution in [0.5, 0.6) is 5.88 Å². The average molecular weight is 327 g/mol. The fourth-order valence-electron chi connectivity index (χ4n) is 3.54. The molecule has 0 bridgehead atoms. The van der Waals surface area contributed by atoms with E-state index in [0.29, 0.717) is 6.61 Å². The number of ether oxygens (including phenoxy) is 1. The summed E-state index contributed by atoms with van der Waals surface area (Å²) in [5, 5.41) is 7.93. The molecule has 3 rings (SSSR count). The zero-order valence-electron chi connectivity index (χ0n) is 14.9. The molecule has 0 amide bonds. The minimum Gasteiger partial charge on any atom is -0.473 e. The summed E-state index contributed by atoms with van der Waals surface area (Å²) >= 11 is 0. The summed E-state index contributed by atoms with van der Waals surface area (Å²) in [4.78, 5) is 0. The molecule has 1 saturated carbocycles. The summed E-state index contributed by atoms with van der Waals surface area (Å²) in [6.07, 6.45) is 6.73. The number of benzene rings is 1. The SMILES string of the molecule is CNCc1cc(OCc2cccc(C)c2)n(CC2CCCCC2)n1. The van der Waals surface area contributed by atoms with E-state index >= 15 is 0 Å². The molecule has 4 nitrogen and oxygen atoms in total. The summed E-state index contributed by atoms with van der Waals surface area (Å²) in [7, 11) is 1.95. The van der Waals surface area contributed by atoms with Gasteiger partial charge in [0.1, 0.15) is 6.61 Å². The first-order valence-electron chi connectivity index (χ1n) is 9.14. The summed E-state index contributed by atoms with van der Waals surface area (Å²) in [5.41, 5.74) is 3.52. The van der Waals surface area contributed by atoms with Crippen LogP contribution >= 0.6 is 0 Å². The molecule has 1 aromatic heterocycles. The van der Waals surface area contributed by atoms with E-state index in [0.717, 1.165) is 30.6 Å². The van der Waals surface area contributed by atoms with Crippen molar-refractivity contribution < 1.29 is 4.74 Å². The minimum absolute atomic E-state index is 0.594. The van der Waals surface area contributed by atoms with Gasteiger partial charge in [0.2, 0.25) is 5.88 Å². The van der Waals surface area contributed by atoms with E-state index in [1.807, 2.05) is 7.05 Å². The molecule has 4 heteroatoms. The fourth-order valence-corrected chi connectivity index (χ4v) is 3.54. The smallest absolute Gasteiger partial charge is 0.212 e. The van der Waals surface area contributed by atoms with Crippen LogP contribution in [-0.4, -0.2) is 16.8 Å². The van der Waals surface area contributed by atoms with Gasteiger partial charge in [-0.25, -0.2) is 4.68 Å². The van der Waals surface area contributed by atoms with Crippen molar-refractivity contribution in [2.45, 2.75) is 58.7 Å². The number of rotatable bonds is 7. The van der Waals surface area contributed by atoms with Crippen molar-refractivity contribution in [2.24, 2.45) is 5.92 Å². The zero-order valence-corrected chi connectivity index (χ0v) is 14.9. The highest BCUT2D eigenvalue weighted by Gasteiger charge is 2.17. The summed E-state index contributed by atoms with van der Waals surface area (Å²) in [5.74, 6) is 1.63. The lowest BCUT2D eigenvalue weighted by Crippen LogP contribution is -2.16. The van der Waals surface area contributed by atoms with Crippen molar-refractivity contribution in [1.82, 2.24) is 15.1 Å². The molecule has 0 atom stereocenters. The second kappa shape index (κ2) is 8.34. The van der Waals surface area contributed by atoms with Gasteiger partial charge in [-0.1, -0.05) is 49.1 Å². The lowest BCUT2D eigenvalue weighted by atomic mass is 9.89. The summed E-state index contributed by atoms with van der Waals surface area (Å²) in [6, 6.07) is 10.6. The number of hydrogen-bond donors (Lipinski definition) is 1. The number of hydrogen-bond acceptors (Lipinski definition) is 3. The molecule has 0 spiro atoms. The van der Waals surface area contributed by atoms with Crippen LogP contribution < -0.4 is 10.1 Å². The van der Waals surface area contributed by atoms with E-state index in [1.54, 1.807) is 0 Å². The highest BCUT2D eigenvalue weighted by atomic mass is 16.5. The Bertz CT molecular complexity index is 644. The molecule has 1 heterocycles. The average Bonchev–Trinajstić information content (AvgIpc) is 2.96. The van der Waals surface area contributed by atoms with Gasteiger partial charge in [-0.05, 0) is 38.3 Å². The van der Waals surface area contributed by atoms with E-state index in [9.17, 15) is 0 Å². The van der Waals surface area contributed by atoms with Gasteiger partial charge in [0.05, 0.1) is 5.69 Å². The molecule has 0 aliphatic heterocycles. The quantitative estimate of drug-likeness (QED) is 0.833. The Balaban J connectivity index is 1.69. The van der Waals surface area contributed by atoms with Crippen LogP contribution in [-0.2, 0) is 19.7 Å². The van der Waals surface area contributed by atoms with Crippen molar-refractivity contribution in [1.29, 1.82) is 0 Å². The van der Waals surface area contributed by atoms with Crippen LogP contribution in [0.4, 0.5) is 0 Å². The molecule has 1 N–H and O–H groups in total. The normalized spacial score (nSPS) is 15.6. The number of aryl methyl sites for hydroxylation is 1. The standard InChI is InChI=1S/C20H29N3O/c1-16-7-6-10-18(11-16)15-24-20-12-19(13-21-2)22-23(20)14-17-8-4-3-5-9-17/h6-7,10-12,17,21H,3-5,8-9,13-15H2,1-2H3.